The lowest BCUT2D eigenvalue weighted by Gasteiger charge is -2.39. The summed E-state index contributed by atoms with van der Waals surface area (Å²) in [4.78, 5) is 22.8. The van der Waals surface area contributed by atoms with Gasteiger partial charge in [0.25, 0.3) is 0 Å². The first-order chi connectivity index (χ1) is 15.7. The van der Waals surface area contributed by atoms with E-state index in [1.165, 1.54) is 12.5 Å². The van der Waals surface area contributed by atoms with Crippen LogP contribution in [0.4, 0.5) is 0 Å². The van der Waals surface area contributed by atoms with Crippen LogP contribution >= 0.6 is 0 Å². The Labute approximate surface area is 195 Å². The Bertz CT molecular complexity index is 1050. The van der Waals surface area contributed by atoms with Gasteiger partial charge in [-0.05, 0) is 54.2 Å². The third kappa shape index (κ3) is 6.55. The zero-order valence-corrected chi connectivity index (χ0v) is 19.5. The lowest BCUT2D eigenvalue weighted by Crippen LogP contribution is -2.26. The van der Waals surface area contributed by atoms with Gasteiger partial charge in [0.1, 0.15) is 11.3 Å². The Kier molecular flexibility index (Phi) is 7.70. The van der Waals surface area contributed by atoms with E-state index in [0.717, 1.165) is 29.5 Å². The van der Waals surface area contributed by atoms with Gasteiger partial charge >= 0.3 is 5.97 Å². The molecule has 3 aromatic carbocycles. The Morgan fingerprint density at radius 2 is 1.39 bits per heavy atom. The second-order valence-electron chi connectivity index (χ2n) is 9.75. The van der Waals surface area contributed by atoms with E-state index in [-0.39, 0.29) is 17.1 Å². The number of carboxylic acid groups (broad SMARTS) is 1. The largest absolute Gasteiger partial charge is 0.507 e. The predicted octanol–water partition coefficient (Wildman–Crippen LogP) is 6.94. The van der Waals surface area contributed by atoms with Gasteiger partial charge in [0.2, 0.25) is 0 Å². The third-order valence-electron chi connectivity index (χ3n) is 6.18. The standard InChI is InChI=1S/C16H22O3.C13H10O/c1-10-6-12(9-16(2,3)8-10)11-4-5-13(15(18)19)14(17)7-11;14-13(11-7-3-1-4-8-11)12-9-5-2-6-10-12/h4-5,7,10,12,17H,6,8-9H2,1-3H3,(H,18,19);1-10H. The molecule has 4 rings (SSSR count). The first kappa shape index (κ1) is 24.2. The van der Waals surface area contributed by atoms with Crippen LogP contribution in [0.5, 0.6) is 5.75 Å². The van der Waals surface area contributed by atoms with Crippen LogP contribution in [0.15, 0.2) is 78.9 Å². The molecule has 0 aromatic heterocycles. The molecule has 0 aliphatic heterocycles. The van der Waals surface area contributed by atoms with Crippen LogP contribution in [-0.2, 0) is 0 Å². The first-order valence-electron chi connectivity index (χ1n) is 11.4. The molecule has 4 heteroatoms. The minimum atomic E-state index is -1.08. The molecule has 33 heavy (non-hydrogen) atoms. The van der Waals surface area contributed by atoms with Crippen LogP contribution in [0.25, 0.3) is 0 Å². The number of carboxylic acids is 1. The summed E-state index contributed by atoms with van der Waals surface area (Å²) in [6.45, 7) is 6.82. The lowest BCUT2D eigenvalue weighted by molar-refractivity contribution is 0.0693. The topological polar surface area (TPSA) is 74.6 Å². The van der Waals surface area contributed by atoms with E-state index in [1.54, 1.807) is 6.07 Å². The molecular weight excluding hydrogens is 412 g/mol. The summed E-state index contributed by atoms with van der Waals surface area (Å²) in [5, 5.41) is 18.7. The summed E-state index contributed by atoms with van der Waals surface area (Å²) in [5.41, 5.74) is 2.81. The van der Waals surface area contributed by atoms with Crippen molar-refractivity contribution in [2.75, 3.05) is 0 Å². The number of rotatable bonds is 4. The number of ketones is 1. The minimum absolute atomic E-state index is 0.0214. The van der Waals surface area contributed by atoms with Gasteiger partial charge in [-0.1, -0.05) is 87.5 Å². The maximum Gasteiger partial charge on any atom is 0.339 e. The van der Waals surface area contributed by atoms with E-state index in [1.807, 2.05) is 66.7 Å². The summed E-state index contributed by atoms with van der Waals surface area (Å²) in [7, 11) is 0. The van der Waals surface area contributed by atoms with Crippen molar-refractivity contribution < 1.29 is 19.8 Å². The molecule has 2 atom stereocenters. The van der Waals surface area contributed by atoms with E-state index in [9.17, 15) is 14.7 Å². The van der Waals surface area contributed by atoms with Crippen LogP contribution in [0.1, 0.15) is 77.8 Å². The molecule has 3 aromatic rings. The summed E-state index contributed by atoms with van der Waals surface area (Å²) in [6.07, 6.45) is 3.42. The van der Waals surface area contributed by atoms with Gasteiger partial charge in [-0.3, -0.25) is 4.79 Å². The Morgan fingerprint density at radius 1 is 0.848 bits per heavy atom. The maximum atomic E-state index is 11.8. The fourth-order valence-electron chi connectivity index (χ4n) is 4.93. The van der Waals surface area contributed by atoms with Crippen molar-refractivity contribution in [3.05, 3.63) is 101 Å². The molecule has 0 spiro atoms. The van der Waals surface area contributed by atoms with E-state index in [4.69, 9.17) is 5.11 Å². The quantitative estimate of drug-likeness (QED) is 0.428. The maximum absolute atomic E-state index is 11.8. The molecule has 2 unspecified atom stereocenters. The smallest absolute Gasteiger partial charge is 0.339 e. The average Bonchev–Trinajstić information content (AvgIpc) is 2.78. The van der Waals surface area contributed by atoms with Gasteiger partial charge in [-0.15, -0.1) is 0 Å². The zero-order valence-electron chi connectivity index (χ0n) is 19.5. The number of aromatic carboxylic acids is 1. The van der Waals surface area contributed by atoms with Crippen LogP contribution < -0.4 is 0 Å². The molecule has 4 nitrogen and oxygen atoms in total. The highest BCUT2D eigenvalue weighted by molar-refractivity contribution is 6.08. The fraction of sp³-hybridized carbons (Fsp3) is 0.310. The number of benzene rings is 3. The monoisotopic (exact) mass is 444 g/mol. The number of carbonyl (C=O) groups is 2. The number of hydrogen-bond acceptors (Lipinski definition) is 3. The molecule has 0 heterocycles. The number of hydrogen-bond donors (Lipinski definition) is 2. The summed E-state index contributed by atoms with van der Waals surface area (Å²) in [5.74, 6) is -0.0591. The minimum Gasteiger partial charge on any atom is -0.507 e. The van der Waals surface area contributed by atoms with Crippen molar-refractivity contribution in [1.29, 1.82) is 0 Å². The normalized spacial score (nSPS) is 19.1. The third-order valence-corrected chi connectivity index (χ3v) is 6.18. The van der Waals surface area contributed by atoms with Gasteiger partial charge < -0.3 is 10.2 Å². The van der Waals surface area contributed by atoms with Gasteiger partial charge in [-0.2, -0.15) is 0 Å². The van der Waals surface area contributed by atoms with Gasteiger partial charge in [0.15, 0.2) is 5.78 Å². The Balaban J connectivity index is 0.000000194. The lowest BCUT2D eigenvalue weighted by atomic mass is 9.66. The van der Waals surface area contributed by atoms with E-state index in [2.05, 4.69) is 20.8 Å². The van der Waals surface area contributed by atoms with Crippen molar-refractivity contribution >= 4 is 11.8 Å². The van der Waals surface area contributed by atoms with Gasteiger partial charge in [0, 0.05) is 11.1 Å². The van der Waals surface area contributed by atoms with Crippen LogP contribution in [0.3, 0.4) is 0 Å². The van der Waals surface area contributed by atoms with Crippen LogP contribution in [-0.4, -0.2) is 22.0 Å². The average molecular weight is 445 g/mol. The number of aromatic hydroxyl groups is 1. The van der Waals surface area contributed by atoms with Crippen molar-refractivity contribution in [2.24, 2.45) is 11.3 Å². The van der Waals surface area contributed by atoms with Crippen LogP contribution in [0.2, 0.25) is 0 Å². The zero-order chi connectivity index (χ0) is 24.0. The highest BCUT2D eigenvalue weighted by Crippen LogP contribution is 2.46. The molecular formula is C29H32O4. The SMILES string of the molecule is CC1CC(c2ccc(C(=O)O)c(O)c2)CC(C)(C)C1.O=C(c1ccccc1)c1ccccc1. The van der Waals surface area contributed by atoms with E-state index in [0.29, 0.717) is 17.3 Å². The Hall–Kier alpha value is -3.40. The van der Waals surface area contributed by atoms with Crippen LogP contribution in [0, 0.1) is 11.3 Å². The highest BCUT2D eigenvalue weighted by Gasteiger charge is 2.33. The summed E-state index contributed by atoms with van der Waals surface area (Å²) < 4.78 is 0. The number of phenols is 1. The molecule has 2 N–H and O–H groups in total. The molecule has 1 saturated carbocycles. The highest BCUT2D eigenvalue weighted by atomic mass is 16.4. The van der Waals surface area contributed by atoms with Gasteiger partial charge in [-0.25, -0.2) is 4.79 Å². The van der Waals surface area contributed by atoms with Crippen molar-refractivity contribution in [2.45, 2.75) is 46.0 Å². The molecule has 0 bridgehead atoms. The summed E-state index contributed by atoms with van der Waals surface area (Å²) >= 11 is 0. The first-order valence-corrected chi connectivity index (χ1v) is 11.4. The molecule has 0 radical (unpaired) electrons. The fourth-order valence-corrected chi connectivity index (χ4v) is 4.93. The molecule has 1 fully saturated rings. The van der Waals surface area contributed by atoms with Crippen molar-refractivity contribution in [3.63, 3.8) is 0 Å². The predicted molar refractivity (Wildman–Crippen MR) is 131 cm³/mol. The van der Waals surface area contributed by atoms with Crippen molar-refractivity contribution in [1.82, 2.24) is 0 Å². The molecule has 172 valence electrons. The molecule has 0 saturated heterocycles. The van der Waals surface area contributed by atoms with E-state index < -0.39 is 5.97 Å². The Morgan fingerprint density at radius 3 is 1.85 bits per heavy atom. The second-order valence-corrected chi connectivity index (χ2v) is 9.75. The second kappa shape index (κ2) is 10.5. The molecule has 0 amide bonds. The molecule has 1 aliphatic carbocycles. The van der Waals surface area contributed by atoms with Crippen molar-refractivity contribution in [3.8, 4) is 5.75 Å². The number of carbonyl (C=O) groups excluding carboxylic acids is 1. The molecule has 1 aliphatic rings. The van der Waals surface area contributed by atoms with E-state index >= 15 is 0 Å². The summed E-state index contributed by atoms with van der Waals surface area (Å²) in [6, 6.07) is 23.6. The van der Waals surface area contributed by atoms with Gasteiger partial charge in [0.05, 0.1) is 0 Å².